The standard InChI is InChI=1S/C17H19FN6O5S/c1-9(25)19-5-11-6-24(17(28)29-11)10-2-3-13(12(18)4-10)20-8-21-23-16-22-14(7-30-16)15(26)27/h2-4,7,11,20-21H,5-6,8H2,1H3,(H,19,25)(H,22,23)(H,26,27)/t11-/m0/s1. The number of hydrazine groups is 1. The molecule has 30 heavy (non-hydrogen) atoms. The Kier molecular flexibility index (Phi) is 6.64. The number of benzene rings is 1. The molecule has 0 bridgehead atoms. The van der Waals surface area contributed by atoms with Crippen molar-refractivity contribution in [2.24, 2.45) is 0 Å². The maximum absolute atomic E-state index is 14.4. The van der Waals surface area contributed by atoms with Gasteiger partial charge in [-0.05, 0) is 18.2 Å². The van der Waals surface area contributed by atoms with Crippen molar-refractivity contribution >= 4 is 45.8 Å². The molecule has 0 aliphatic carbocycles. The van der Waals surface area contributed by atoms with Crippen LogP contribution in [0.5, 0.6) is 0 Å². The molecule has 1 aromatic heterocycles. The lowest BCUT2D eigenvalue weighted by Gasteiger charge is -2.15. The first-order valence-electron chi connectivity index (χ1n) is 8.77. The maximum Gasteiger partial charge on any atom is 0.414 e. The number of carboxylic acid groups (broad SMARTS) is 1. The topological polar surface area (TPSA) is 145 Å². The summed E-state index contributed by atoms with van der Waals surface area (Å²) in [5, 5.41) is 16.0. The van der Waals surface area contributed by atoms with E-state index in [0.29, 0.717) is 10.8 Å². The molecule has 2 amide bonds. The Morgan fingerprint density at radius 1 is 1.43 bits per heavy atom. The van der Waals surface area contributed by atoms with Crippen LogP contribution < -0.4 is 26.4 Å². The number of aromatic carboxylic acids is 1. The number of hydrogen-bond acceptors (Lipinski definition) is 9. The zero-order valence-electron chi connectivity index (χ0n) is 15.8. The second kappa shape index (κ2) is 9.37. The summed E-state index contributed by atoms with van der Waals surface area (Å²) in [4.78, 5) is 38.9. The van der Waals surface area contributed by atoms with Crippen LogP contribution in [0.25, 0.3) is 0 Å². The molecule has 1 atom stereocenters. The third kappa shape index (κ3) is 5.33. The number of rotatable bonds is 9. The average Bonchev–Trinajstić information content (AvgIpc) is 3.31. The van der Waals surface area contributed by atoms with E-state index in [-0.39, 0.29) is 37.0 Å². The van der Waals surface area contributed by atoms with Gasteiger partial charge in [-0.25, -0.2) is 24.4 Å². The number of anilines is 3. The van der Waals surface area contributed by atoms with Crippen LogP contribution in [0.2, 0.25) is 0 Å². The van der Waals surface area contributed by atoms with Crippen molar-refractivity contribution in [3.63, 3.8) is 0 Å². The van der Waals surface area contributed by atoms with E-state index in [1.165, 1.54) is 29.3 Å². The predicted octanol–water partition coefficient (Wildman–Crippen LogP) is 1.43. The highest BCUT2D eigenvalue weighted by atomic mass is 32.1. The predicted molar refractivity (Wildman–Crippen MR) is 107 cm³/mol. The molecular weight excluding hydrogens is 419 g/mol. The minimum Gasteiger partial charge on any atom is -0.476 e. The molecule has 1 fully saturated rings. The van der Waals surface area contributed by atoms with Gasteiger partial charge in [0.25, 0.3) is 0 Å². The Bertz CT molecular complexity index is 954. The van der Waals surface area contributed by atoms with Crippen molar-refractivity contribution in [1.82, 2.24) is 15.7 Å². The molecule has 1 aromatic carbocycles. The highest BCUT2D eigenvalue weighted by molar-refractivity contribution is 7.13. The van der Waals surface area contributed by atoms with Crippen molar-refractivity contribution < 1.29 is 28.6 Å². The van der Waals surface area contributed by atoms with Crippen LogP contribution in [-0.4, -0.2) is 53.9 Å². The van der Waals surface area contributed by atoms with Crippen molar-refractivity contribution in [2.75, 3.05) is 35.4 Å². The fourth-order valence-corrected chi connectivity index (χ4v) is 3.26. The number of thiazole rings is 1. The van der Waals surface area contributed by atoms with E-state index in [4.69, 9.17) is 9.84 Å². The monoisotopic (exact) mass is 438 g/mol. The van der Waals surface area contributed by atoms with Crippen molar-refractivity contribution in [1.29, 1.82) is 0 Å². The summed E-state index contributed by atoms with van der Waals surface area (Å²) < 4.78 is 19.6. The molecular formula is C17H19FN6O5S. The lowest BCUT2D eigenvalue weighted by molar-refractivity contribution is -0.119. The maximum atomic E-state index is 14.4. The molecule has 1 saturated heterocycles. The van der Waals surface area contributed by atoms with Gasteiger partial charge in [0.1, 0.15) is 11.9 Å². The van der Waals surface area contributed by atoms with E-state index in [2.05, 4.69) is 26.5 Å². The first kappa shape index (κ1) is 21.3. The van der Waals surface area contributed by atoms with E-state index in [1.807, 2.05) is 0 Å². The number of carbonyl (C=O) groups excluding carboxylic acids is 2. The fourth-order valence-electron chi connectivity index (χ4n) is 2.60. The number of nitrogens with one attached hydrogen (secondary N) is 4. The number of amides is 2. The van der Waals surface area contributed by atoms with Gasteiger partial charge in [-0.3, -0.25) is 15.1 Å². The zero-order valence-corrected chi connectivity index (χ0v) is 16.6. The van der Waals surface area contributed by atoms with Gasteiger partial charge in [0.05, 0.1) is 31.1 Å². The molecule has 2 aromatic rings. The van der Waals surface area contributed by atoms with Crippen LogP contribution in [0.4, 0.5) is 25.7 Å². The van der Waals surface area contributed by atoms with E-state index < -0.39 is 24.0 Å². The van der Waals surface area contributed by atoms with Gasteiger partial charge in [-0.2, -0.15) is 0 Å². The largest absolute Gasteiger partial charge is 0.476 e. The highest BCUT2D eigenvalue weighted by Gasteiger charge is 2.32. The number of halogens is 1. The quantitative estimate of drug-likeness (QED) is 0.223. The van der Waals surface area contributed by atoms with Crippen molar-refractivity contribution in [3.8, 4) is 0 Å². The second-order valence-corrected chi connectivity index (χ2v) is 7.07. The minimum absolute atomic E-state index is 0.0707. The van der Waals surface area contributed by atoms with Gasteiger partial charge in [-0.1, -0.05) is 0 Å². The van der Waals surface area contributed by atoms with E-state index in [9.17, 15) is 18.8 Å². The van der Waals surface area contributed by atoms with E-state index >= 15 is 0 Å². The number of nitrogens with zero attached hydrogens (tertiary/aromatic N) is 2. The van der Waals surface area contributed by atoms with Crippen LogP contribution in [0.1, 0.15) is 17.4 Å². The first-order valence-corrected chi connectivity index (χ1v) is 9.65. The first-order chi connectivity index (χ1) is 14.3. The van der Waals surface area contributed by atoms with Crippen molar-refractivity contribution in [2.45, 2.75) is 13.0 Å². The molecule has 160 valence electrons. The summed E-state index contributed by atoms with van der Waals surface area (Å²) in [6, 6.07) is 4.26. The summed E-state index contributed by atoms with van der Waals surface area (Å²) in [5.41, 5.74) is 5.91. The van der Waals surface area contributed by atoms with Crippen molar-refractivity contribution in [3.05, 3.63) is 35.1 Å². The van der Waals surface area contributed by atoms with Crippen LogP contribution in [-0.2, 0) is 9.53 Å². The summed E-state index contributed by atoms with van der Waals surface area (Å²) in [6.07, 6.45) is -1.12. The van der Waals surface area contributed by atoms with Crippen LogP contribution in [0.3, 0.4) is 0 Å². The smallest absolute Gasteiger partial charge is 0.414 e. The van der Waals surface area contributed by atoms with Crippen LogP contribution in [0.15, 0.2) is 23.6 Å². The Hall–Kier alpha value is -3.45. The molecule has 2 heterocycles. The van der Waals surface area contributed by atoms with E-state index in [0.717, 1.165) is 11.3 Å². The van der Waals surface area contributed by atoms with Gasteiger partial charge in [-0.15, -0.1) is 11.3 Å². The molecule has 0 radical (unpaired) electrons. The molecule has 1 aliphatic heterocycles. The molecule has 11 nitrogen and oxygen atoms in total. The summed E-state index contributed by atoms with van der Waals surface area (Å²) >= 11 is 1.11. The molecule has 0 unspecified atom stereocenters. The Morgan fingerprint density at radius 2 is 2.23 bits per heavy atom. The third-order valence-corrected chi connectivity index (χ3v) is 4.76. The number of ether oxygens (including phenoxy) is 1. The zero-order chi connectivity index (χ0) is 21.7. The summed E-state index contributed by atoms with van der Waals surface area (Å²) in [6.45, 7) is 1.86. The van der Waals surface area contributed by atoms with Gasteiger partial charge >= 0.3 is 12.1 Å². The number of carboxylic acids is 1. The third-order valence-electron chi connectivity index (χ3n) is 4.00. The molecule has 13 heteroatoms. The average molecular weight is 438 g/mol. The number of hydrogen-bond donors (Lipinski definition) is 5. The molecule has 5 N–H and O–H groups in total. The molecule has 3 rings (SSSR count). The van der Waals surface area contributed by atoms with E-state index in [1.54, 1.807) is 6.07 Å². The fraction of sp³-hybridized carbons (Fsp3) is 0.294. The van der Waals surface area contributed by atoms with Gasteiger partial charge < -0.3 is 20.5 Å². The number of cyclic esters (lactones) is 1. The normalized spacial score (nSPS) is 15.6. The Morgan fingerprint density at radius 3 is 2.90 bits per heavy atom. The summed E-state index contributed by atoms with van der Waals surface area (Å²) in [5.74, 6) is -1.93. The highest BCUT2D eigenvalue weighted by Crippen LogP contribution is 2.25. The lowest BCUT2D eigenvalue weighted by Crippen LogP contribution is -2.33. The molecule has 0 spiro atoms. The Labute approximate surface area is 174 Å². The minimum atomic E-state index is -1.12. The van der Waals surface area contributed by atoms with Crippen LogP contribution >= 0.6 is 11.3 Å². The van der Waals surface area contributed by atoms with Gasteiger partial charge in [0.15, 0.2) is 10.8 Å². The number of carbonyl (C=O) groups is 3. The lowest BCUT2D eigenvalue weighted by atomic mass is 10.2. The number of aromatic nitrogens is 1. The van der Waals surface area contributed by atoms with Gasteiger partial charge in [0.2, 0.25) is 5.91 Å². The SMILES string of the molecule is CC(=O)NC[C@H]1CN(c2ccc(NCNNc3nc(C(=O)O)cs3)c(F)c2)C(=O)O1. The molecule has 0 saturated carbocycles. The summed E-state index contributed by atoms with van der Waals surface area (Å²) in [7, 11) is 0. The van der Waals surface area contributed by atoms with Gasteiger partial charge in [0, 0.05) is 12.3 Å². The second-order valence-electron chi connectivity index (χ2n) is 6.22. The molecule has 1 aliphatic rings. The Balaban J connectivity index is 1.50. The van der Waals surface area contributed by atoms with Crippen LogP contribution in [0, 0.1) is 5.82 Å².